The van der Waals surface area contributed by atoms with Gasteiger partial charge in [-0.3, -0.25) is 9.59 Å². The Balaban J connectivity index is 2.04. The second-order valence-electron chi connectivity index (χ2n) is 5.73. The molecule has 5 heteroatoms. The minimum absolute atomic E-state index is 0.00357. The lowest BCUT2D eigenvalue weighted by molar-refractivity contribution is -0.149. The number of ether oxygens (including phenoxy) is 1. The Kier molecular flexibility index (Phi) is 3.61. The molecule has 0 aromatic rings. The van der Waals surface area contributed by atoms with Gasteiger partial charge in [0.05, 0.1) is 12.6 Å². The molecule has 2 amide bonds. The van der Waals surface area contributed by atoms with Gasteiger partial charge in [0.1, 0.15) is 5.54 Å². The highest BCUT2D eigenvalue weighted by Crippen LogP contribution is 2.25. The molecule has 2 aliphatic rings. The number of nitrogens with one attached hydrogen (secondary N) is 1. The van der Waals surface area contributed by atoms with Gasteiger partial charge in [0.15, 0.2) is 0 Å². The van der Waals surface area contributed by atoms with Crippen LogP contribution in [0.2, 0.25) is 0 Å². The Morgan fingerprint density at radius 1 is 1.44 bits per heavy atom. The number of nitrogens with zero attached hydrogens (tertiary/aromatic N) is 1. The summed E-state index contributed by atoms with van der Waals surface area (Å²) < 4.78 is 5.63. The van der Waals surface area contributed by atoms with Crippen molar-refractivity contribution in [2.24, 2.45) is 5.92 Å². The van der Waals surface area contributed by atoms with Crippen molar-refractivity contribution in [3.8, 4) is 0 Å². The fourth-order valence-corrected chi connectivity index (χ4v) is 2.87. The Morgan fingerprint density at radius 3 is 2.83 bits per heavy atom. The SMILES string of the molecule is CCC1OCCC1CN1CC(=O)NC(C)(C)C1=O. The van der Waals surface area contributed by atoms with Crippen LogP contribution in [0.3, 0.4) is 0 Å². The largest absolute Gasteiger partial charge is 0.378 e. The van der Waals surface area contributed by atoms with E-state index in [1.165, 1.54) is 0 Å². The topological polar surface area (TPSA) is 58.6 Å². The smallest absolute Gasteiger partial charge is 0.248 e. The van der Waals surface area contributed by atoms with Crippen molar-refractivity contribution in [3.63, 3.8) is 0 Å². The van der Waals surface area contributed by atoms with Crippen molar-refractivity contribution in [1.82, 2.24) is 10.2 Å². The van der Waals surface area contributed by atoms with Gasteiger partial charge in [0, 0.05) is 19.1 Å². The Morgan fingerprint density at radius 2 is 2.17 bits per heavy atom. The van der Waals surface area contributed by atoms with Crippen LogP contribution in [0.5, 0.6) is 0 Å². The average Bonchev–Trinajstić information content (AvgIpc) is 2.72. The summed E-state index contributed by atoms with van der Waals surface area (Å²) in [6.45, 7) is 7.17. The summed E-state index contributed by atoms with van der Waals surface area (Å²) in [5.41, 5.74) is -0.781. The molecule has 18 heavy (non-hydrogen) atoms. The molecule has 0 aromatic heterocycles. The first kappa shape index (κ1) is 13.3. The van der Waals surface area contributed by atoms with Crippen molar-refractivity contribution in [2.45, 2.75) is 45.3 Å². The van der Waals surface area contributed by atoms with Gasteiger partial charge in [-0.15, -0.1) is 0 Å². The van der Waals surface area contributed by atoms with Gasteiger partial charge in [0.2, 0.25) is 11.8 Å². The molecule has 2 saturated heterocycles. The third kappa shape index (κ3) is 2.51. The van der Waals surface area contributed by atoms with Crippen LogP contribution in [-0.4, -0.2) is 48.1 Å². The molecule has 0 saturated carbocycles. The average molecular weight is 254 g/mol. The molecular weight excluding hydrogens is 232 g/mol. The van der Waals surface area contributed by atoms with Gasteiger partial charge in [-0.1, -0.05) is 6.92 Å². The molecule has 2 heterocycles. The van der Waals surface area contributed by atoms with E-state index >= 15 is 0 Å². The van der Waals surface area contributed by atoms with E-state index < -0.39 is 5.54 Å². The van der Waals surface area contributed by atoms with Gasteiger partial charge >= 0.3 is 0 Å². The fourth-order valence-electron chi connectivity index (χ4n) is 2.87. The first-order chi connectivity index (χ1) is 8.44. The maximum atomic E-state index is 12.2. The van der Waals surface area contributed by atoms with Crippen molar-refractivity contribution in [2.75, 3.05) is 19.7 Å². The third-order valence-corrected chi connectivity index (χ3v) is 3.81. The van der Waals surface area contributed by atoms with E-state index in [1.807, 2.05) is 0 Å². The molecule has 5 nitrogen and oxygen atoms in total. The predicted molar refractivity (Wildman–Crippen MR) is 66.9 cm³/mol. The highest BCUT2D eigenvalue weighted by Gasteiger charge is 2.41. The normalized spacial score (nSPS) is 31.6. The van der Waals surface area contributed by atoms with Gasteiger partial charge < -0.3 is 15.0 Å². The fraction of sp³-hybridized carbons (Fsp3) is 0.846. The van der Waals surface area contributed by atoms with E-state index in [4.69, 9.17) is 4.74 Å². The molecule has 0 aromatic carbocycles. The molecule has 2 atom stereocenters. The van der Waals surface area contributed by atoms with Crippen LogP contribution in [0.1, 0.15) is 33.6 Å². The summed E-state index contributed by atoms with van der Waals surface area (Å²) in [4.78, 5) is 25.6. The van der Waals surface area contributed by atoms with Crippen molar-refractivity contribution in [1.29, 1.82) is 0 Å². The molecule has 0 radical (unpaired) electrons. The van der Waals surface area contributed by atoms with Gasteiger partial charge in [-0.25, -0.2) is 0 Å². The third-order valence-electron chi connectivity index (χ3n) is 3.81. The highest BCUT2D eigenvalue weighted by atomic mass is 16.5. The summed E-state index contributed by atoms with van der Waals surface area (Å²) in [6.07, 6.45) is 2.16. The zero-order valence-corrected chi connectivity index (χ0v) is 11.4. The number of hydrogen-bond donors (Lipinski definition) is 1. The van der Waals surface area contributed by atoms with Crippen LogP contribution in [0.4, 0.5) is 0 Å². The quantitative estimate of drug-likeness (QED) is 0.799. The number of hydrogen-bond acceptors (Lipinski definition) is 3. The van der Waals surface area contributed by atoms with E-state index in [2.05, 4.69) is 12.2 Å². The van der Waals surface area contributed by atoms with Crippen LogP contribution in [-0.2, 0) is 14.3 Å². The first-order valence-electron chi connectivity index (χ1n) is 6.66. The minimum atomic E-state index is -0.781. The molecular formula is C13H22N2O3. The number of amides is 2. The minimum Gasteiger partial charge on any atom is -0.378 e. The van der Waals surface area contributed by atoms with Crippen LogP contribution in [0, 0.1) is 5.92 Å². The van der Waals surface area contributed by atoms with Gasteiger partial charge in [-0.05, 0) is 26.7 Å². The van der Waals surface area contributed by atoms with Gasteiger partial charge in [0.25, 0.3) is 0 Å². The van der Waals surface area contributed by atoms with Crippen LogP contribution in [0.25, 0.3) is 0 Å². The summed E-state index contributed by atoms with van der Waals surface area (Å²) in [5.74, 6) is 0.288. The maximum absolute atomic E-state index is 12.2. The number of rotatable bonds is 3. The molecule has 0 spiro atoms. The molecule has 1 N–H and O–H groups in total. The van der Waals surface area contributed by atoms with Crippen LogP contribution >= 0.6 is 0 Å². The van der Waals surface area contributed by atoms with E-state index in [0.29, 0.717) is 12.5 Å². The molecule has 2 aliphatic heterocycles. The molecule has 0 aliphatic carbocycles. The molecule has 2 rings (SSSR count). The van der Waals surface area contributed by atoms with E-state index in [-0.39, 0.29) is 24.5 Å². The predicted octanol–water partition coefficient (Wildman–Crippen LogP) is 0.538. The highest BCUT2D eigenvalue weighted by molar-refractivity contribution is 5.97. The van der Waals surface area contributed by atoms with Crippen molar-refractivity contribution < 1.29 is 14.3 Å². The summed E-state index contributed by atoms with van der Waals surface area (Å²) >= 11 is 0. The summed E-state index contributed by atoms with van der Waals surface area (Å²) in [7, 11) is 0. The summed E-state index contributed by atoms with van der Waals surface area (Å²) in [5, 5.41) is 2.72. The second-order valence-corrected chi connectivity index (χ2v) is 5.73. The van der Waals surface area contributed by atoms with Crippen molar-refractivity contribution >= 4 is 11.8 Å². The zero-order valence-electron chi connectivity index (χ0n) is 11.4. The Labute approximate surface area is 108 Å². The lowest BCUT2D eigenvalue weighted by Crippen LogP contribution is -2.64. The first-order valence-corrected chi connectivity index (χ1v) is 6.66. The van der Waals surface area contributed by atoms with E-state index in [1.54, 1.807) is 18.7 Å². The number of piperazine rings is 1. The monoisotopic (exact) mass is 254 g/mol. The Hall–Kier alpha value is -1.10. The van der Waals surface area contributed by atoms with Crippen molar-refractivity contribution in [3.05, 3.63) is 0 Å². The van der Waals surface area contributed by atoms with Gasteiger partial charge in [-0.2, -0.15) is 0 Å². The molecule has 102 valence electrons. The molecule has 2 unspecified atom stereocenters. The lowest BCUT2D eigenvalue weighted by Gasteiger charge is -2.39. The van der Waals surface area contributed by atoms with E-state index in [9.17, 15) is 9.59 Å². The Bertz CT molecular complexity index is 354. The van der Waals surface area contributed by atoms with E-state index in [0.717, 1.165) is 19.4 Å². The number of carbonyl (C=O) groups is 2. The van der Waals surface area contributed by atoms with Crippen LogP contribution in [0.15, 0.2) is 0 Å². The summed E-state index contributed by atoms with van der Waals surface area (Å²) in [6, 6.07) is 0. The maximum Gasteiger partial charge on any atom is 0.248 e. The van der Waals surface area contributed by atoms with Crippen LogP contribution < -0.4 is 5.32 Å². The zero-order chi connectivity index (χ0) is 13.3. The molecule has 2 fully saturated rings. The molecule has 0 bridgehead atoms. The lowest BCUT2D eigenvalue weighted by atomic mass is 9.95. The second kappa shape index (κ2) is 4.88. The number of carbonyl (C=O) groups excluding carboxylic acids is 2. The standard InChI is InChI=1S/C13H22N2O3/c1-4-10-9(5-6-18-10)7-15-8-11(16)14-13(2,3)12(15)17/h9-10H,4-8H2,1-3H3,(H,14,16).